The van der Waals surface area contributed by atoms with Crippen LogP contribution in [0, 0.1) is 11.2 Å². The number of ether oxygens (including phenoxy) is 2. The van der Waals surface area contributed by atoms with E-state index in [9.17, 15) is 13.2 Å². The minimum atomic E-state index is -4.63. The molecule has 1 aromatic heterocycles. The van der Waals surface area contributed by atoms with Gasteiger partial charge in [-0.2, -0.15) is 26.3 Å². The molecule has 4 aliphatic rings. The van der Waals surface area contributed by atoms with Gasteiger partial charge in [0.1, 0.15) is 17.5 Å². The number of benzene rings is 1. The SMILES string of the molecule is CC(C)c1nc2c(c3c1[C@@H](c1ccc(C(F)(F)F)cc1F)OC31CCOCC1I)C1(CC1[Si-](C)(C)C(C)(C)C)CC(C)(C)C2. The van der Waals surface area contributed by atoms with Gasteiger partial charge in [-0.1, -0.05) is 83.5 Å². The first-order valence-electron chi connectivity index (χ1n) is 16.0. The van der Waals surface area contributed by atoms with Gasteiger partial charge in [0.05, 0.1) is 16.1 Å². The van der Waals surface area contributed by atoms with E-state index in [1.54, 1.807) is 0 Å². The van der Waals surface area contributed by atoms with Crippen LogP contribution in [0.25, 0.3) is 0 Å². The molecule has 1 saturated heterocycles. The van der Waals surface area contributed by atoms with E-state index in [1.807, 2.05) is 0 Å². The zero-order valence-corrected chi connectivity index (χ0v) is 30.6. The smallest absolute Gasteiger partial charge is 0.380 e. The standard InChI is InChI=1S/C35H46F4INO2Si/c1-19(2)29-26-28(27-23(41-29)15-32(6,7)18-33(27)16-25(33)44(8,9)31(3,4)5)34(12-13-42-17-24(34)40)43-30(26)21-11-10-20(14-22(21)36)35(37,38)39/h10-11,14,19,24-25,30H,12-13,15-18H2,1-9H3/q-1/t24?,25?,30-,33?,34?/m1/s1. The molecular formula is C35H46F4INO2Si-. The van der Waals surface area contributed by atoms with Gasteiger partial charge in [0, 0.05) is 35.5 Å². The summed E-state index contributed by atoms with van der Waals surface area (Å²) in [6, 6.07) is 2.89. The topological polar surface area (TPSA) is 31.4 Å². The lowest BCUT2D eigenvalue weighted by atomic mass is 9.64. The maximum atomic E-state index is 15.8. The first kappa shape index (κ1) is 32.9. The first-order chi connectivity index (χ1) is 20.2. The molecule has 9 heteroatoms. The molecule has 3 heterocycles. The Labute approximate surface area is 274 Å². The first-order valence-corrected chi connectivity index (χ1v) is 20.3. The highest BCUT2D eigenvalue weighted by atomic mass is 127. The van der Waals surface area contributed by atoms with E-state index in [2.05, 4.69) is 84.2 Å². The van der Waals surface area contributed by atoms with E-state index in [-0.39, 0.29) is 31.3 Å². The second kappa shape index (κ2) is 10.2. The van der Waals surface area contributed by atoms with Gasteiger partial charge < -0.3 is 9.47 Å². The molecule has 243 valence electrons. The number of halogens is 5. The van der Waals surface area contributed by atoms with Crippen molar-refractivity contribution >= 4 is 30.7 Å². The minimum Gasteiger partial charge on any atom is -0.380 e. The van der Waals surface area contributed by atoms with Crippen LogP contribution in [0.4, 0.5) is 17.6 Å². The number of alkyl halides is 4. The van der Waals surface area contributed by atoms with Crippen molar-refractivity contribution in [2.24, 2.45) is 5.41 Å². The summed E-state index contributed by atoms with van der Waals surface area (Å²) >= 11 is 2.44. The monoisotopic (exact) mass is 743 g/mol. The number of aromatic nitrogens is 1. The van der Waals surface area contributed by atoms with Crippen molar-refractivity contribution in [2.45, 2.75) is 131 Å². The summed E-state index contributed by atoms with van der Waals surface area (Å²) in [5, 5.41) is 0.210. The lowest BCUT2D eigenvalue weighted by Gasteiger charge is -2.52. The van der Waals surface area contributed by atoms with E-state index in [1.165, 1.54) is 11.6 Å². The third-order valence-electron chi connectivity index (χ3n) is 11.7. The number of hydrogen-bond acceptors (Lipinski definition) is 3. The fraction of sp³-hybridized carbons (Fsp3) is 0.686. The molecule has 3 nitrogen and oxygen atoms in total. The quantitative estimate of drug-likeness (QED) is 0.136. The molecule has 44 heavy (non-hydrogen) atoms. The fourth-order valence-corrected chi connectivity index (χ4v) is 13.3. The number of pyridine rings is 1. The Balaban J connectivity index is 1.66. The summed E-state index contributed by atoms with van der Waals surface area (Å²) in [6.07, 6.45) is -1.81. The molecule has 0 radical (unpaired) electrons. The predicted molar refractivity (Wildman–Crippen MR) is 177 cm³/mol. The number of nitrogens with zero attached hydrogens (tertiary/aromatic N) is 1. The number of fused-ring (bicyclic) bond motifs is 5. The summed E-state index contributed by atoms with van der Waals surface area (Å²) in [5.41, 5.74) is 4.43. The van der Waals surface area contributed by atoms with E-state index in [0.29, 0.717) is 31.2 Å². The Morgan fingerprint density at radius 1 is 1.09 bits per heavy atom. The zero-order chi connectivity index (χ0) is 32.4. The van der Waals surface area contributed by atoms with Crippen molar-refractivity contribution in [3.8, 4) is 0 Å². The Kier molecular flexibility index (Phi) is 7.64. The summed E-state index contributed by atoms with van der Waals surface area (Å²) < 4.78 is 69.6. The summed E-state index contributed by atoms with van der Waals surface area (Å²) in [4.78, 5) is 5.46. The van der Waals surface area contributed by atoms with Crippen LogP contribution < -0.4 is 0 Å². The van der Waals surface area contributed by atoms with Gasteiger partial charge in [0.2, 0.25) is 0 Å². The van der Waals surface area contributed by atoms with Crippen LogP contribution in [-0.4, -0.2) is 30.2 Å². The van der Waals surface area contributed by atoms with Gasteiger partial charge in [0.15, 0.2) is 0 Å². The molecule has 0 bridgehead atoms. The average molecular weight is 744 g/mol. The van der Waals surface area contributed by atoms with Crippen LogP contribution in [0.2, 0.25) is 23.7 Å². The molecule has 2 spiro atoms. The molecular weight excluding hydrogens is 697 g/mol. The Hall–Kier alpha value is -1.04. The van der Waals surface area contributed by atoms with Crippen molar-refractivity contribution in [1.29, 1.82) is 0 Å². The highest BCUT2D eigenvalue weighted by molar-refractivity contribution is 14.1. The van der Waals surface area contributed by atoms with Crippen LogP contribution in [0.5, 0.6) is 0 Å². The molecule has 1 aromatic carbocycles. The Morgan fingerprint density at radius 2 is 1.77 bits per heavy atom. The predicted octanol–water partition coefficient (Wildman–Crippen LogP) is 10.4. The van der Waals surface area contributed by atoms with E-state index < -0.39 is 37.3 Å². The molecule has 0 N–H and O–H groups in total. The van der Waals surface area contributed by atoms with Crippen molar-refractivity contribution < 1.29 is 27.0 Å². The summed E-state index contributed by atoms with van der Waals surface area (Å²) in [6.45, 7) is 22.2. The second-order valence-corrected chi connectivity index (χ2v) is 23.7. The molecule has 2 fully saturated rings. The molecule has 4 unspecified atom stereocenters. The van der Waals surface area contributed by atoms with Crippen LogP contribution in [0.1, 0.15) is 119 Å². The van der Waals surface area contributed by atoms with Crippen LogP contribution in [0.15, 0.2) is 18.2 Å². The van der Waals surface area contributed by atoms with Crippen molar-refractivity contribution in [2.75, 3.05) is 13.2 Å². The normalized spacial score (nSPS) is 31.5. The van der Waals surface area contributed by atoms with Gasteiger partial charge in [-0.3, -0.25) is 4.98 Å². The van der Waals surface area contributed by atoms with E-state index >= 15 is 4.39 Å². The van der Waals surface area contributed by atoms with Crippen molar-refractivity contribution in [3.05, 3.63) is 63.2 Å². The third kappa shape index (κ3) is 4.86. The fourth-order valence-electron chi connectivity index (χ4n) is 8.76. The number of rotatable bonds is 3. The van der Waals surface area contributed by atoms with Gasteiger partial charge in [-0.25, -0.2) is 4.39 Å². The van der Waals surface area contributed by atoms with Crippen LogP contribution in [0.3, 0.4) is 0 Å². The summed E-state index contributed by atoms with van der Waals surface area (Å²) in [7, 11) is -1.78. The zero-order valence-electron chi connectivity index (χ0n) is 27.4. The van der Waals surface area contributed by atoms with Crippen LogP contribution >= 0.6 is 22.6 Å². The van der Waals surface area contributed by atoms with Gasteiger partial charge in [0.25, 0.3) is 0 Å². The van der Waals surface area contributed by atoms with Crippen molar-refractivity contribution in [1.82, 2.24) is 4.98 Å². The highest BCUT2D eigenvalue weighted by Gasteiger charge is 2.65. The molecule has 2 aliphatic heterocycles. The van der Waals surface area contributed by atoms with Crippen molar-refractivity contribution in [3.63, 3.8) is 0 Å². The largest absolute Gasteiger partial charge is 0.416 e. The maximum Gasteiger partial charge on any atom is 0.416 e. The molecule has 6 rings (SSSR count). The molecule has 2 aromatic rings. The minimum absolute atomic E-state index is 0.0247. The number of hydrogen-bond donors (Lipinski definition) is 0. The molecule has 2 aliphatic carbocycles. The molecule has 1 saturated carbocycles. The van der Waals surface area contributed by atoms with Crippen LogP contribution in [-0.2, 0) is 33.1 Å². The summed E-state index contributed by atoms with van der Waals surface area (Å²) in [5.74, 6) is -0.865. The van der Waals surface area contributed by atoms with Gasteiger partial charge in [-0.05, 0) is 52.8 Å². The van der Waals surface area contributed by atoms with Gasteiger partial charge in [-0.15, -0.1) is 18.7 Å². The van der Waals surface area contributed by atoms with E-state index in [4.69, 9.17) is 14.5 Å². The Morgan fingerprint density at radius 3 is 2.34 bits per heavy atom. The Bertz CT molecular complexity index is 1500. The second-order valence-electron chi connectivity index (χ2n) is 16.6. The molecule has 5 atom stereocenters. The van der Waals surface area contributed by atoms with Gasteiger partial charge >= 0.3 is 6.18 Å². The highest BCUT2D eigenvalue weighted by Crippen LogP contribution is 2.75. The third-order valence-corrected chi connectivity index (χ3v) is 19.4. The average Bonchev–Trinajstić information content (AvgIpc) is 3.50. The maximum absolute atomic E-state index is 15.8. The lowest BCUT2D eigenvalue weighted by Crippen LogP contribution is -2.47. The lowest BCUT2D eigenvalue weighted by molar-refractivity contribution is -0.138. The van der Waals surface area contributed by atoms with E-state index in [0.717, 1.165) is 47.8 Å². The molecule has 0 amide bonds.